The Morgan fingerprint density at radius 2 is 2.00 bits per heavy atom. The molecule has 0 spiro atoms. The van der Waals surface area contributed by atoms with Crippen molar-refractivity contribution in [3.63, 3.8) is 0 Å². The number of fused-ring (bicyclic) bond motifs is 1. The van der Waals surface area contributed by atoms with E-state index in [9.17, 15) is 14.7 Å². The topological polar surface area (TPSA) is 76.1 Å². The maximum Gasteiger partial charge on any atom is 0.413 e. The number of ether oxygens (including phenoxy) is 2. The Bertz CT molecular complexity index is 430. The van der Waals surface area contributed by atoms with Gasteiger partial charge in [-0.2, -0.15) is 0 Å². The SMILES string of the molecule is CC(C)(C)OC(=O)N1C2S[C@@]2(C(=O)O)COC1(C)C. The lowest BCUT2D eigenvalue weighted by Gasteiger charge is -2.42. The molecule has 2 saturated heterocycles. The van der Waals surface area contributed by atoms with E-state index in [1.54, 1.807) is 34.6 Å². The molecule has 7 heteroatoms. The number of nitrogens with zero attached hydrogens (tertiary/aromatic N) is 1. The summed E-state index contributed by atoms with van der Waals surface area (Å²) in [5.74, 6) is -0.952. The van der Waals surface area contributed by atoms with Gasteiger partial charge >= 0.3 is 12.1 Å². The molecule has 2 rings (SSSR count). The van der Waals surface area contributed by atoms with Gasteiger partial charge in [-0.05, 0) is 34.6 Å². The molecule has 0 aliphatic carbocycles. The predicted molar refractivity (Wildman–Crippen MR) is 69.8 cm³/mol. The van der Waals surface area contributed by atoms with Crippen molar-refractivity contribution in [1.29, 1.82) is 0 Å². The average molecular weight is 289 g/mol. The van der Waals surface area contributed by atoms with Crippen molar-refractivity contribution in [2.24, 2.45) is 0 Å². The highest BCUT2D eigenvalue weighted by molar-refractivity contribution is 8.09. The van der Waals surface area contributed by atoms with Gasteiger partial charge < -0.3 is 14.6 Å². The fourth-order valence-electron chi connectivity index (χ4n) is 2.01. The van der Waals surface area contributed by atoms with Crippen LogP contribution in [-0.2, 0) is 14.3 Å². The van der Waals surface area contributed by atoms with Crippen molar-refractivity contribution in [3.05, 3.63) is 0 Å². The molecule has 0 aromatic heterocycles. The largest absolute Gasteiger partial charge is 0.480 e. The molecule has 6 nitrogen and oxygen atoms in total. The molecule has 2 atom stereocenters. The lowest BCUT2D eigenvalue weighted by Crippen LogP contribution is -2.60. The van der Waals surface area contributed by atoms with E-state index < -0.39 is 33.5 Å². The Kier molecular flexibility index (Phi) is 3.06. The number of carboxylic acid groups (broad SMARTS) is 1. The van der Waals surface area contributed by atoms with Gasteiger partial charge in [-0.3, -0.25) is 9.69 Å². The Balaban J connectivity index is 2.22. The zero-order chi connectivity index (χ0) is 14.6. The van der Waals surface area contributed by atoms with Gasteiger partial charge in [-0.1, -0.05) is 0 Å². The van der Waals surface area contributed by atoms with Crippen LogP contribution in [0.2, 0.25) is 0 Å². The van der Waals surface area contributed by atoms with E-state index in [1.807, 2.05) is 0 Å². The van der Waals surface area contributed by atoms with Crippen LogP contribution < -0.4 is 0 Å². The number of hydrogen-bond acceptors (Lipinski definition) is 5. The number of carboxylic acids is 1. The maximum absolute atomic E-state index is 12.2. The van der Waals surface area contributed by atoms with Gasteiger partial charge in [0.1, 0.15) is 16.7 Å². The second-order valence-corrected chi connectivity index (χ2v) is 7.66. The summed E-state index contributed by atoms with van der Waals surface area (Å²) in [6.45, 7) is 8.89. The van der Waals surface area contributed by atoms with Gasteiger partial charge in [0, 0.05) is 0 Å². The number of aliphatic carboxylic acids is 1. The van der Waals surface area contributed by atoms with Crippen molar-refractivity contribution < 1.29 is 24.2 Å². The molecule has 2 fully saturated rings. The molecular weight excluding hydrogens is 270 g/mol. The quantitative estimate of drug-likeness (QED) is 0.743. The minimum Gasteiger partial charge on any atom is -0.480 e. The van der Waals surface area contributed by atoms with Crippen molar-refractivity contribution >= 4 is 23.8 Å². The third kappa shape index (κ3) is 2.41. The van der Waals surface area contributed by atoms with Gasteiger partial charge in [-0.15, -0.1) is 11.8 Å². The van der Waals surface area contributed by atoms with E-state index in [1.165, 1.54) is 16.7 Å². The van der Waals surface area contributed by atoms with E-state index >= 15 is 0 Å². The zero-order valence-corrected chi connectivity index (χ0v) is 12.5. The summed E-state index contributed by atoms with van der Waals surface area (Å²) in [7, 11) is 0. The second-order valence-electron chi connectivity index (χ2n) is 6.25. The van der Waals surface area contributed by atoms with Gasteiger partial charge in [-0.25, -0.2) is 4.79 Å². The number of carbonyl (C=O) groups excluding carboxylic acids is 1. The first-order valence-corrected chi connectivity index (χ1v) is 6.95. The van der Waals surface area contributed by atoms with Gasteiger partial charge in [0.15, 0.2) is 4.75 Å². The molecule has 0 aromatic carbocycles. The van der Waals surface area contributed by atoms with Crippen molar-refractivity contribution in [3.8, 4) is 0 Å². The summed E-state index contributed by atoms with van der Waals surface area (Å²) in [5.41, 5.74) is -1.49. The highest BCUT2D eigenvalue weighted by Gasteiger charge is 2.72. The molecule has 108 valence electrons. The predicted octanol–water partition coefficient (Wildman–Crippen LogP) is 1.89. The first kappa shape index (κ1) is 14.5. The summed E-state index contributed by atoms with van der Waals surface area (Å²) >= 11 is 1.22. The fourth-order valence-corrected chi connectivity index (χ4v) is 3.29. The third-order valence-electron chi connectivity index (χ3n) is 3.07. The summed E-state index contributed by atoms with van der Waals surface area (Å²) in [5, 5.41) is 8.83. The molecule has 0 saturated carbocycles. The number of hydrogen-bond donors (Lipinski definition) is 1. The molecule has 0 aromatic rings. The standard InChI is InChI=1S/C12H19NO5S/c1-10(2,3)18-9(16)13-7-12(19-7,8(14)15)6-17-11(13,4)5/h7H,6H2,1-5H3,(H,14,15)/t7?,12-/m0/s1. The second kappa shape index (κ2) is 4.02. The molecule has 19 heavy (non-hydrogen) atoms. The zero-order valence-electron chi connectivity index (χ0n) is 11.7. The monoisotopic (exact) mass is 289 g/mol. The lowest BCUT2D eigenvalue weighted by atomic mass is 10.1. The maximum atomic E-state index is 12.2. The number of rotatable bonds is 1. The normalized spacial score (nSPS) is 32.5. The number of amides is 1. The van der Waals surface area contributed by atoms with Crippen LogP contribution in [0.1, 0.15) is 34.6 Å². The van der Waals surface area contributed by atoms with Crippen LogP contribution in [0.4, 0.5) is 4.79 Å². The minimum absolute atomic E-state index is 0.101. The molecule has 0 radical (unpaired) electrons. The average Bonchev–Trinajstić information content (AvgIpc) is 2.88. The molecule has 0 bridgehead atoms. The van der Waals surface area contributed by atoms with Gasteiger partial charge in [0.05, 0.1) is 6.61 Å². The first-order valence-electron chi connectivity index (χ1n) is 6.07. The fraction of sp³-hybridized carbons (Fsp3) is 0.833. The smallest absolute Gasteiger partial charge is 0.413 e. The summed E-state index contributed by atoms with van der Waals surface area (Å²) < 4.78 is 9.86. The molecule has 1 unspecified atom stereocenters. The number of thioether (sulfide) groups is 1. The Hall–Kier alpha value is -0.950. The van der Waals surface area contributed by atoms with E-state index in [2.05, 4.69) is 0 Å². The van der Waals surface area contributed by atoms with E-state index in [0.717, 1.165) is 0 Å². The van der Waals surface area contributed by atoms with Crippen molar-refractivity contribution in [2.45, 2.75) is 56.1 Å². The van der Waals surface area contributed by atoms with Crippen LogP contribution >= 0.6 is 11.8 Å². The number of carbonyl (C=O) groups is 2. The lowest BCUT2D eigenvalue weighted by molar-refractivity contribution is -0.174. The van der Waals surface area contributed by atoms with Crippen LogP contribution in [0.25, 0.3) is 0 Å². The van der Waals surface area contributed by atoms with Crippen molar-refractivity contribution in [2.75, 3.05) is 6.61 Å². The molecule has 2 aliphatic rings. The Labute approximate surface area is 116 Å². The van der Waals surface area contributed by atoms with E-state index in [4.69, 9.17) is 9.47 Å². The third-order valence-corrected chi connectivity index (χ3v) is 4.59. The molecule has 1 N–H and O–H groups in total. The van der Waals surface area contributed by atoms with Crippen LogP contribution in [0.15, 0.2) is 0 Å². The van der Waals surface area contributed by atoms with Crippen LogP contribution in [0.5, 0.6) is 0 Å². The van der Waals surface area contributed by atoms with Crippen LogP contribution in [-0.4, -0.2) is 50.1 Å². The molecular formula is C12H19NO5S. The summed E-state index contributed by atoms with van der Waals surface area (Å²) in [6, 6.07) is 0. The molecule has 1 amide bonds. The summed E-state index contributed by atoms with van der Waals surface area (Å²) in [4.78, 5) is 24.9. The van der Waals surface area contributed by atoms with E-state index in [0.29, 0.717) is 0 Å². The highest BCUT2D eigenvalue weighted by Crippen LogP contribution is 2.60. The van der Waals surface area contributed by atoms with Crippen LogP contribution in [0.3, 0.4) is 0 Å². The minimum atomic E-state index is -1.04. The van der Waals surface area contributed by atoms with E-state index in [-0.39, 0.29) is 6.61 Å². The van der Waals surface area contributed by atoms with Gasteiger partial charge in [0.25, 0.3) is 0 Å². The van der Waals surface area contributed by atoms with Gasteiger partial charge in [0.2, 0.25) is 0 Å². The Morgan fingerprint density at radius 1 is 1.42 bits per heavy atom. The summed E-state index contributed by atoms with van der Waals surface area (Å²) in [6.07, 6.45) is -0.544. The first-order chi connectivity index (χ1) is 8.50. The Morgan fingerprint density at radius 3 is 2.47 bits per heavy atom. The molecule has 2 heterocycles. The van der Waals surface area contributed by atoms with Crippen LogP contribution in [0, 0.1) is 0 Å². The van der Waals surface area contributed by atoms with Crippen molar-refractivity contribution in [1.82, 2.24) is 4.90 Å². The molecule has 2 aliphatic heterocycles. The highest BCUT2D eigenvalue weighted by atomic mass is 32.2.